The number of carbonyl (C=O) groups is 5. The highest BCUT2D eigenvalue weighted by molar-refractivity contribution is 6.03. The lowest BCUT2D eigenvalue weighted by molar-refractivity contribution is -0.148. The highest BCUT2D eigenvalue weighted by atomic mass is 16.6. The lowest BCUT2D eigenvalue weighted by Crippen LogP contribution is -2.61. The number of hydrogen-bond acceptors (Lipinski definition) is 16. The van der Waals surface area contributed by atoms with Crippen LogP contribution in [0.25, 0.3) is 0 Å². The second-order valence-corrected chi connectivity index (χ2v) is 25.9. The van der Waals surface area contributed by atoms with Crippen LogP contribution in [-0.4, -0.2) is 154 Å². The van der Waals surface area contributed by atoms with E-state index in [9.17, 15) is 34.5 Å². The second kappa shape index (κ2) is 27.5. The number of likely N-dealkylation sites (N-methyl/N-ethyl adjacent to an activating group) is 2. The Morgan fingerprint density at radius 2 is 1.52 bits per heavy atom. The Morgan fingerprint density at radius 3 is 2.07 bits per heavy atom. The molecule has 0 aromatic heterocycles. The predicted molar refractivity (Wildman–Crippen MR) is 316 cm³/mol. The maximum absolute atomic E-state index is 15.1. The Hall–Kier alpha value is -4.81. The minimum Gasteiger partial charge on any atom is -0.379 e. The third kappa shape index (κ3) is 15.2. The lowest BCUT2D eigenvalue weighted by Gasteiger charge is -2.48. The van der Waals surface area contributed by atoms with Gasteiger partial charge in [0.1, 0.15) is 17.8 Å². The minimum absolute atomic E-state index is 0.0399. The fraction of sp³-hybridized carbons (Fsp3) is 0.721. The predicted octanol–water partition coefficient (Wildman–Crippen LogP) is 3.94. The van der Waals surface area contributed by atoms with Crippen molar-refractivity contribution in [2.24, 2.45) is 63.5 Å². The fourth-order valence-electron chi connectivity index (χ4n) is 13.8. The van der Waals surface area contributed by atoms with Crippen molar-refractivity contribution in [2.45, 2.75) is 201 Å². The van der Waals surface area contributed by atoms with Gasteiger partial charge in [0.15, 0.2) is 6.35 Å². The number of likely N-dealkylation sites (tertiary alicyclic amines) is 1. The number of carbonyl (C=O) groups excluding carboxylic acids is 5. The van der Waals surface area contributed by atoms with Gasteiger partial charge in [0.05, 0.1) is 30.7 Å². The normalized spacial score (nSPS) is 26.3. The first-order chi connectivity index (χ1) is 38.5. The topological polar surface area (TPSA) is 312 Å². The van der Waals surface area contributed by atoms with Crippen molar-refractivity contribution in [2.75, 3.05) is 44.9 Å². The van der Waals surface area contributed by atoms with Crippen molar-refractivity contribution in [3.05, 3.63) is 59.7 Å². The first-order valence-electron chi connectivity index (χ1n) is 29.9. The van der Waals surface area contributed by atoms with Crippen LogP contribution in [0.15, 0.2) is 48.5 Å². The molecule has 21 nitrogen and oxygen atoms in total. The first-order valence-corrected chi connectivity index (χ1v) is 29.9. The Kier molecular flexibility index (Phi) is 22.2. The molecule has 2 aromatic carbocycles. The van der Waals surface area contributed by atoms with Gasteiger partial charge in [-0.2, -0.15) is 0 Å². The summed E-state index contributed by atoms with van der Waals surface area (Å²) >= 11 is 0. The molecule has 14 atom stereocenters. The van der Waals surface area contributed by atoms with E-state index in [1.54, 1.807) is 38.3 Å². The number of amides is 5. The van der Waals surface area contributed by atoms with Gasteiger partial charge >= 0.3 is 0 Å². The van der Waals surface area contributed by atoms with E-state index in [-0.39, 0.29) is 70.8 Å². The van der Waals surface area contributed by atoms with Gasteiger partial charge in [-0.05, 0) is 154 Å². The van der Waals surface area contributed by atoms with Gasteiger partial charge in [-0.25, -0.2) is 0 Å². The van der Waals surface area contributed by atoms with E-state index in [1.165, 1.54) is 0 Å². The molecule has 460 valence electrons. The molecule has 3 aliphatic carbocycles. The standard InChI is InChI=1S/C61H101N11O10/c1-14-59(25-26-59)54(60(30-38(60)8)32-45(73)72-28-16-24-58(72,10)49(81-13)39(9)50(63)74)71(12)53(77)47(36(4)5)68-52(76)48(37(6)7)70(11)33-41-17-15-18-44(29-41)67-57(80)82-34-40-19-21-43(22-20-40)66-55(78)61(69-51(75)46(62)35(2)3)31-42(61)23-27-65-56(64)79/h15,17-22,29,35-39,42,45-49,54,56-57,65,67,73,79-80H,14,16,23-28,30-34,62,64H2,1-13H3,(H2,63,74)(H,66,78)(H,68,76)(H,69,75)/t38?,39-,42?,45?,46+,47+,48+,49-,54+,56?,57?,58+,60?,61?/m1/s1. The first kappa shape index (κ1) is 66.3. The number of anilines is 2. The monoisotopic (exact) mass is 1150 g/mol. The molecule has 82 heavy (non-hydrogen) atoms. The summed E-state index contributed by atoms with van der Waals surface area (Å²) in [6.07, 6.45) is 2.72. The zero-order valence-electron chi connectivity index (χ0n) is 51.2. The maximum Gasteiger partial charge on any atom is 0.250 e. The van der Waals surface area contributed by atoms with Crippen LogP contribution < -0.4 is 43.8 Å². The Bertz CT molecular complexity index is 2500. The summed E-state index contributed by atoms with van der Waals surface area (Å²) in [7, 11) is 5.38. The summed E-state index contributed by atoms with van der Waals surface area (Å²) in [5.74, 6) is -2.61. The molecular formula is C61H101N11O10. The molecule has 0 radical (unpaired) electrons. The van der Waals surface area contributed by atoms with E-state index in [0.717, 1.165) is 49.7 Å². The fourth-order valence-corrected chi connectivity index (χ4v) is 13.8. The van der Waals surface area contributed by atoms with E-state index in [2.05, 4.69) is 52.3 Å². The van der Waals surface area contributed by atoms with Gasteiger partial charge in [-0.3, -0.25) is 44.8 Å². The number of nitrogens with two attached hydrogens (primary N) is 3. The second-order valence-electron chi connectivity index (χ2n) is 25.9. The molecule has 21 heteroatoms. The average molecular weight is 1150 g/mol. The molecule has 3 saturated carbocycles. The van der Waals surface area contributed by atoms with Crippen LogP contribution in [0.1, 0.15) is 138 Å². The number of methoxy groups -OCH3 is 1. The van der Waals surface area contributed by atoms with Crippen LogP contribution in [0.3, 0.4) is 0 Å². The number of hydrogen-bond donors (Lipinski definition) is 11. The molecule has 1 aliphatic heterocycles. The van der Waals surface area contributed by atoms with Crippen molar-refractivity contribution in [3.63, 3.8) is 0 Å². The number of primary amides is 1. The van der Waals surface area contributed by atoms with Crippen LogP contribution in [-0.2, 0) is 46.6 Å². The number of ether oxygens (including phenoxy) is 2. The van der Waals surface area contributed by atoms with Crippen molar-refractivity contribution in [1.29, 1.82) is 0 Å². The molecule has 0 bridgehead atoms. The SMILES string of the molecule is CCC1([C@H](N(C)C(=O)[C@@H](NC(=O)[C@H](C(C)C)N(C)Cc2cccc(NC(O)OCc3ccc(NC(=O)C4(NC(=O)[C@@H](N)C(C)C)CC4CCNC(N)O)cc3)c2)C(C)C)C2(CC(O)N3CCC[C@@]3(C)[C@H](OC)[C@@H](C)C(N)=O)CC2C)CC1. The van der Waals surface area contributed by atoms with E-state index in [4.69, 9.17) is 26.7 Å². The van der Waals surface area contributed by atoms with Crippen LogP contribution in [0.4, 0.5) is 11.4 Å². The number of benzene rings is 2. The molecule has 4 fully saturated rings. The molecule has 7 unspecified atom stereocenters. The van der Waals surface area contributed by atoms with E-state index >= 15 is 4.79 Å². The van der Waals surface area contributed by atoms with Gasteiger partial charge in [0.2, 0.25) is 35.9 Å². The minimum atomic E-state index is -1.38. The number of aliphatic hydroxyl groups is 3. The van der Waals surface area contributed by atoms with Crippen LogP contribution >= 0.6 is 0 Å². The Balaban J connectivity index is 1.06. The summed E-state index contributed by atoms with van der Waals surface area (Å²) in [5, 5.41) is 47.5. The van der Waals surface area contributed by atoms with Crippen molar-refractivity contribution in [1.82, 2.24) is 30.7 Å². The van der Waals surface area contributed by atoms with Gasteiger partial charge in [-0.15, -0.1) is 0 Å². The number of nitrogens with one attached hydrogen (secondary N) is 5. The molecule has 5 amide bonds. The highest BCUT2D eigenvalue weighted by Crippen LogP contribution is 2.69. The van der Waals surface area contributed by atoms with Crippen LogP contribution in [0, 0.1) is 46.3 Å². The molecule has 1 heterocycles. The van der Waals surface area contributed by atoms with E-state index < -0.39 is 72.0 Å². The number of rotatable bonds is 33. The van der Waals surface area contributed by atoms with Gasteiger partial charge in [0.25, 0.3) is 0 Å². The average Bonchev–Trinajstić information content (AvgIpc) is 1.69. The van der Waals surface area contributed by atoms with Crippen LogP contribution in [0.2, 0.25) is 0 Å². The zero-order chi connectivity index (χ0) is 60.8. The van der Waals surface area contributed by atoms with Gasteiger partial charge in [-0.1, -0.05) is 86.6 Å². The number of nitrogens with zero attached hydrogens (tertiary/aromatic N) is 3. The molecule has 2 aromatic rings. The molecular weight excluding hydrogens is 1050 g/mol. The molecule has 4 aliphatic rings. The summed E-state index contributed by atoms with van der Waals surface area (Å²) in [5.41, 5.74) is 17.8. The van der Waals surface area contributed by atoms with Crippen LogP contribution in [0.5, 0.6) is 0 Å². The third-order valence-electron chi connectivity index (χ3n) is 19.0. The highest BCUT2D eigenvalue weighted by Gasteiger charge is 2.68. The summed E-state index contributed by atoms with van der Waals surface area (Å²) in [6.45, 7) is 21.2. The molecule has 6 rings (SSSR count). The van der Waals surface area contributed by atoms with Crippen molar-refractivity contribution >= 4 is 40.9 Å². The quantitative estimate of drug-likeness (QED) is 0.0451. The van der Waals surface area contributed by atoms with Crippen molar-refractivity contribution in [3.8, 4) is 0 Å². The zero-order valence-corrected chi connectivity index (χ0v) is 51.2. The van der Waals surface area contributed by atoms with E-state index in [1.807, 2.05) is 89.7 Å². The van der Waals surface area contributed by atoms with Crippen molar-refractivity contribution < 1.29 is 48.8 Å². The lowest BCUT2D eigenvalue weighted by atomic mass is 9.75. The maximum atomic E-state index is 15.1. The summed E-state index contributed by atoms with van der Waals surface area (Å²) in [4.78, 5) is 74.9. The van der Waals surface area contributed by atoms with Gasteiger partial charge in [0, 0.05) is 50.2 Å². The largest absolute Gasteiger partial charge is 0.379 e. The summed E-state index contributed by atoms with van der Waals surface area (Å²) in [6, 6.07) is 12.1. The third-order valence-corrected chi connectivity index (χ3v) is 19.0. The molecule has 14 N–H and O–H groups in total. The van der Waals surface area contributed by atoms with Gasteiger partial charge < -0.3 is 62.4 Å². The smallest absolute Gasteiger partial charge is 0.250 e. The summed E-state index contributed by atoms with van der Waals surface area (Å²) < 4.78 is 11.7. The molecule has 1 saturated heterocycles. The van der Waals surface area contributed by atoms with E-state index in [0.29, 0.717) is 50.3 Å². The molecule has 0 spiro atoms. The Morgan fingerprint density at radius 1 is 0.866 bits per heavy atom. The Labute approximate surface area is 487 Å². The number of aliphatic hydroxyl groups excluding tert-OH is 3.